The summed E-state index contributed by atoms with van der Waals surface area (Å²) in [5.74, 6) is 1.72. The molecule has 33 heavy (non-hydrogen) atoms. The van der Waals surface area contributed by atoms with Crippen molar-refractivity contribution in [1.82, 2.24) is 0 Å². The number of nitrogens with zero attached hydrogens (tertiary/aromatic N) is 1. The number of benzene rings is 2. The van der Waals surface area contributed by atoms with Crippen LogP contribution in [0, 0.1) is 11.8 Å². The molecule has 1 aliphatic heterocycles. The van der Waals surface area contributed by atoms with Crippen LogP contribution in [0.4, 0.5) is 18.9 Å². The van der Waals surface area contributed by atoms with Gasteiger partial charge in [0.2, 0.25) is 0 Å². The highest BCUT2D eigenvalue weighted by Crippen LogP contribution is 2.36. The Balaban J connectivity index is 1.30. The summed E-state index contributed by atoms with van der Waals surface area (Å²) >= 11 is 0. The molecule has 0 bridgehead atoms. The molecule has 1 heterocycles. The molecule has 2 aromatic rings. The molecule has 1 aliphatic carbocycles. The standard InChI is InChI=1S/C29H36F3N/c1-21-11-18-27(33-28-10-3-2-9-26(21)28)25-8-4-6-24(20-25)17-16-23-14-12-22(13-15-23)7-5-19-29(30,31)32/h2-4,6,8-10,20-23H,5,7,11-19H2,1H3. The summed E-state index contributed by atoms with van der Waals surface area (Å²) in [7, 11) is 0. The molecule has 178 valence electrons. The number of halogens is 3. The molecule has 4 heteroatoms. The number of fused-ring (bicyclic) bond motifs is 1. The zero-order chi connectivity index (χ0) is 23.3. The smallest absolute Gasteiger partial charge is 0.253 e. The Bertz CT molecular complexity index is 938. The lowest BCUT2D eigenvalue weighted by Crippen LogP contribution is -2.16. The van der Waals surface area contributed by atoms with Crippen LogP contribution in [0.15, 0.2) is 53.5 Å². The highest BCUT2D eigenvalue weighted by Gasteiger charge is 2.28. The molecule has 1 nitrogen and oxygen atoms in total. The minimum absolute atomic E-state index is 0.290. The van der Waals surface area contributed by atoms with Gasteiger partial charge in [-0.25, -0.2) is 0 Å². The van der Waals surface area contributed by atoms with Gasteiger partial charge in [-0.2, -0.15) is 13.2 Å². The Morgan fingerprint density at radius 3 is 2.36 bits per heavy atom. The van der Waals surface area contributed by atoms with E-state index < -0.39 is 12.6 Å². The molecule has 0 aromatic heterocycles. The van der Waals surface area contributed by atoms with Crippen LogP contribution in [0.1, 0.15) is 93.7 Å². The predicted octanol–water partition coefficient (Wildman–Crippen LogP) is 9.18. The van der Waals surface area contributed by atoms with Crippen molar-refractivity contribution in [3.8, 4) is 0 Å². The maximum absolute atomic E-state index is 12.4. The second-order valence-corrected chi connectivity index (χ2v) is 10.2. The number of hydrogen-bond donors (Lipinski definition) is 0. The van der Waals surface area contributed by atoms with E-state index in [-0.39, 0.29) is 0 Å². The van der Waals surface area contributed by atoms with Crippen LogP contribution in [-0.4, -0.2) is 11.9 Å². The number of rotatable bonds is 7. The molecule has 2 aromatic carbocycles. The summed E-state index contributed by atoms with van der Waals surface area (Å²) < 4.78 is 37.1. The lowest BCUT2D eigenvalue weighted by molar-refractivity contribution is -0.136. The molecule has 0 saturated heterocycles. The minimum atomic E-state index is -4.00. The fourth-order valence-electron chi connectivity index (χ4n) is 5.60. The molecule has 0 N–H and O–H groups in total. The van der Waals surface area contributed by atoms with Gasteiger partial charge in [-0.1, -0.05) is 75.4 Å². The van der Waals surface area contributed by atoms with Gasteiger partial charge < -0.3 is 0 Å². The second-order valence-electron chi connectivity index (χ2n) is 10.2. The van der Waals surface area contributed by atoms with E-state index in [2.05, 4.69) is 55.5 Å². The maximum atomic E-state index is 12.4. The van der Waals surface area contributed by atoms with E-state index in [9.17, 15) is 13.2 Å². The van der Waals surface area contributed by atoms with Crippen LogP contribution in [0.2, 0.25) is 0 Å². The van der Waals surface area contributed by atoms with Crippen LogP contribution in [-0.2, 0) is 6.42 Å². The van der Waals surface area contributed by atoms with Gasteiger partial charge in [0.1, 0.15) is 0 Å². The molecule has 1 fully saturated rings. The van der Waals surface area contributed by atoms with Gasteiger partial charge in [0.15, 0.2) is 0 Å². The summed E-state index contributed by atoms with van der Waals surface area (Å²) in [5, 5.41) is 0. The van der Waals surface area contributed by atoms with Crippen molar-refractivity contribution in [3.63, 3.8) is 0 Å². The van der Waals surface area contributed by atoms with Crippen molar-refractivity contribution in [3.05, 3.63) is 65.2 Å². The first-order chi connectivity index (χ1) is 15.9. The van der Waals surface area contributed by atoms with Gasteiger partial charge in [0.25, 0.3) is 0 Å². The first-order valence-electron chi connectivity index (χ1n) is 12.7. The topological polar surface area (TPSA) is 12.4 Å². The molecule has 1 atom stereocenters. The summed E-state index contributed by atoms with van der Waals surface area (Å²) in [5.41, 5.74) is 6.25. The van der Waals surface area contributed by atoms with Crippen molar-refractivity contribution in [2.24, 2.45) is 16.8 Å². The van der Waals surface area contributed by atoms with Gasteiger partial charge in [0, 0.05) is 12.1 Å². The molecule has 0 spiro atoms. The zero-order valence-electron chi connectivity index (χ0n) is 19.7. The van der Waals surface area contributed by atoms with E-state index in [1.165, 1.54) is 28.8 Å². The van der Waals surface area contributed by atoms with Gasteiger partial charge in [-0.15, -0.1) is 0 Å². The third-order valence-electron chi connectivity index (χ3n) is 7.68. The van der Waals surface area contributed by atoms with Crippen LogP contribution in [0.3, 0.4) is 0 Å². The van der Waals surface area contributed by atoms with Crippen molar-refractivity contribution >= 4 is 11.4 Å². The highest BCUT2D eigenvalue weighted by atomic mass is 19.4. The Morgan fingerprint density at radius 2 is 1.61 bits per heavy atom. The molecule has 0 radical (unpaired) electrons. The zero-order valence-corrected chi connectivity index (χ0v) is 19.7. The second kappa shape index (κ2) is 10.9. The van der Waals surface area contributed by atoms with Crippen molar-refractivity contribution in [1.29, 1.82) is 0 Å². The van der Waals surface area contributed by atoms with Crippen LogP contribution in [0.5, 0.6) is 0 Å². The third-order valence-corrected chi connectivity index (χ3v) is 7.68. The summed E-state index contributed by atoms with van der Waals surface area (Å²) in [6.07, 6.45) is 5.27. The fourth-order valence-corrected chi connectivity index (χ4v) is 5.60. The average Bonchev–Trinajstić information content (AvgIpc) is 2.97. The van der Waals surface area contributed by atoms with Crippen LogP contribution >= 0.6 is 0 Å². The molecular weight excluding hydrogens is 419 g/mol. The van der Waals surface area contributed by atoms with Gasteiger partial charge in [0.05, 0.1) is 5.69 Å². The number of hydrogen-bond acceptors (Lipinski definition) is 1. The lowest BCUT2D eigenvalue weighted by Gasteiger charge is -2.28. The van der Waals surface area contributed by atoms with Crippen molar-refractivity contribution < 1.29 is 13.2 Å². The van der Waals surface area contributed by atoms with E-state index in [1.807, 2.05) is 0 Å². The molecule has 4 rings (SSSR count). The van der Waals surface area contributed by atoms with Crippen LogP contribution in [0.25, 0.3) is 0 Å². The van der Waals surface area contributed by atoms with E-state index in [0.717, 1.165) is 57.1 Å². The summed E-state index contributed by atoms with van der Waals surface area (Å²) in [4.78, 5) is 5.05. The van der Waals surface area contributed by atoms with Crippen molar-refractivity contribution in [2.75, 3.05) is 0 Å². The maximum Gasteiger partial charge on any atom is 0.389 e. The van der Waals surface area contributed by atoms with Gasteiger partial charge in [-0.05, 0) is 78.7 Å². The number of aliphatic imine (C=N–C) groups is 1. The monoisotopic (exact) mass is 455 g/mol. The Morgan fingerprint density at radius 1 is 0.879 bits per heavy atom. The summed E-state index contributed by atoms with van der Waals surface area (Å²) in [6.45, 7) is 2.29. The lowest BCUT2D eigenvalue weighted by atomic mass is 9.78. The van der Waals surface area contributed by atoms with E-state index >= 15 is 0 Å². The number of aryl methyl sites for hydroxylation is 1. The van der Waals surface area contributed by atoms with Gasteiger partial charge in [-0.3, -0.25) is 4.99 Å². The molecule has 1 unspecified atom stereocenters. The largest absolute Gasteiger partial charge is 0.389 e. The highest BCUT2D eigenvalue weighted by molar-refractivity contribution is 6.02. The fraction of sp³-hybridized carbons (Fsp3) is 0.552. The Hall–Kier alpha value is -2.10. The van der Waals surface area contributed by atoms with E-state index in [4.69, 9.17) is 4.99 Å². The summed E-state index contributed by atoms with van der Waals surface area (Å²) in [6, 6.07) is 17.4. The van der Waals surface area contributed by atoms with Crippen molar-refractivity contribution in [2.45, 2.75) is 89.6 Å². The molecular formula is C29H36F3N. The Kier molecular flexibility index (Phi) is 7.93. The molecule has 2 aliphatic rings. The normalized spacial score (nSPS) is 23.5. The van der Waals surface area contributed by atoms with E-state index in [1.54, 1.807) is 0 Å². The molecule has 1 saturated carbocycles. The number of alkyl halides is 3. The predicted molar refractivity (Wildman–Crippen MR) is 130 cm³/mol. The molecule has 0 amide bonds. The van der Waals surface area contributed by atoms with E-state index in [0.29, 0.717) is 24.2 Å². The SMILES string of the molecule is CC1CCC(c2cccc(CCC3CCC(CCCC(F)(F)F)CC3)c2)=Nc2ccccc21. The Labute approximate surface area is 196 Å². The van der Waals surface area contributed by atoms with Gasteiger partial charge >= 0.3 is 6.18 Å². The third kappa shape index (κ3) is 6.94. The minimum Gasteiger partial charge on any atom is -0.253 e. The number of para-hydroxylation sites is 1. The first-order valence-corrected chi connectivity index (χ1v) is 12.7. The van der Waals surface area contributed by atoms with Crippen LogP contribution < -0.4 is 0 Å². The quantitative estimate of drug-likeness (QED) is 0.395. The first kappa shape index (κ1) is 24.0. The average molecular weight is 456 g/mol.